The number of nitrogens with one attached hydrogen (secondary N) is 1. The first-order valence-corrected chi connectivity index (χ1v) is 9.32. The number of nitrogens with zero attached hydrogens (tertiary/aromatic N) is 2. The second kappa shape index (κ2) is 8.84. The summed E-state index contributed by atoms with van der Waals surface area (Å²) in [4.78, 5) is 29.9. The maximum atomic E-state index is 12.7. The molecule has 0 fully saturated rings. The first-order chi connectivity index (χ1) is 12.4. The molecule has 26 heavy (non-hydrogen) atoms. The molecule has 0 radical (unpaired) electrons. The third kappa shape index (κ3) is 4.63. The number of aromatic nitrogens is 1. The average molecular weight is 390 g/mol. The second-order valence-electron chi connectivity index (χ2n) is 5.94. The summed E-state index contributed by atoms with van der Waals surface area (Å²) >= 11 is 7.40. The number of nitriles is 1. The van der Waals surface area contributed by atoms with E-state index in [1.807, 2.05) is 18.2 Å². The van der Waals surface area contributed by atoms with Crippen molar-refractivity contribution >= 4 is 28.8 Å². The van der Waals surface area contributed by atoms with Gasteiger partial charge < -0.3 is 9.88 Å². The molecule has 1 N–H and O–H groups in total. The van der Waals surface area contributed by atoms with Crippen LogP contribution in [0.2, 0.25) is 4.34 Å². The summed E-state index contributed by atoms with van der Waals surface area (Å²) < 4.78 is 0.689. The molecule has 0 saturated heterocycles. The number of hydrogen-bond acceptors (Lipinski definition) is 4. The third-order valence-electron chi connectivity index (χ3n) is 4.19. The van der Waals surface area contributed by atoms with E-state index >= 15 is 0 Å². The Kier molecular flexibility index (Phi) is 6.78. The monoisotopic (exact) mass is 389 g/mol. The van der Waals surface area contributed by atoms with Crippen LogP contribution in [0.15, 0.2) is 29.6 Å². The topological polar surface area (TPSA) is 77.0 Å². The highest BCUT2D eigenvalue weighted by Gasteiger charge is 2.17. The lowest BCUT2D eigenvalue weighted by Crippen LogP contribution is -2.30. The van der Waals surface area contributed by atoms with Gasteiger partial charge in [0.05, 0.1) is 10.9 Å². The van der Waals surface area contributed by atoms with E-state index in [1.54, 1.807) is 24.8 Å². The molecule has 0 aliphatic heterocycles. The number of H-pyrrole nitrogens is 1. The van der Waals surface area contributed by atoms with Gasteiger partial charge in [-0.3, -0.25) is 9.59 Å². The van der Waals surface area contributed by atoms with Gasteiger partial charge in [-0.05, 0) is 43.5 Å². The van der Waals surface area contributed by atoms with Gasteiger partial charge in [-0.15, -0.1) is 17.9 Å². The molecule has 0 aliphatic rings. The molecule has 0 spiro atoms. The molecule has 1 amide bonds. The molecule has 0 saturated carbocycles. The zero-order valence-corrected chi connectivity index (χ0v) is 16.3. The molecule has 2 aromatic rings. The number of rotatable bonds is 7. The van der Waals surface area contributed by atoms with Crippen LogP contribution in [0.25, 0.3) is 0 Å². The van der Waals surface area contributed by atoms with E-state index in [0.717, 1.165) is 10.4 Å². The lowest BCUT2D eigenvalue weighted by Gasteiger charge is -2.21. The highest BCUT2D eigenvalue weighted by molar-refractivity contribution is 7.16. The van der Waals surface area contributed by atoms with Gasteiger partial charge in [0.15, 0.2) is 0 Å². The molecule has 0 aromatic carbocycles. The minimum absolute atomic E-state index is 0.0158. The number of aromatic amines is 1. The summed E-state index contributed by atoms with van der Waals surface area (Å²) in [6, 6.07) is 5.66. The van der Waals surface area contributed by atoms with Crippen molar-refractivity contribution in [3.8, 4) is 6.07 Å². The lowest BCUT2D eigenvalue weighted by atomic mass is 9.99. The quantitative estimate of drug-likeness (QED) is 0.733. The number of amides is 1. The standard InChI is InChI=1S/C19H20ClN3O2S/c1-4-9-23(11-14-5-7-17(20)26-14)18(24)8-6-15-12(2)16(10-21)19(25)22-13(15)3/h4-5,7H,1,6,8-9,11H2,2-3H3,(H,22,25). The Morgan fingerprint density at radius 3 is 2.77 bits per heavy atom. The molecule has 0 bridgehead atoms. The van der Waals surface area contributed by atoms with E-state index in [-0.39, 0.29) is 23.5 Å². The van der Waals surface area contributed by atoms with Crippen molar-refractivity contribution < 1.29 is 4.79 Å². The first kappa shape index (κ1) is 20.0. The van der Waals surface area contributed by atoms with E-state index in [2.05, 4.69) is 11.6 Å². The minimum Gasteiger partial charge on any atom is -0.334 e. The fraction of sp³-hybridized carbons (Fsp3) is 0.316. The van der Waals surface area contributed by atoms with Crippen molar-refractivity contribution in [1.29, 1.82) is 5.26 Å². The van der Waals surface area contributed by atoms with Crippen LogP contribution >= 0.6 is 22.9 Å². The van der Waals surface area contributed by atoms with Crippen molar-refractivity contribution in [2.75, 3.05) is 6.54 Å². The van der Waals surface area contributed by atoms with Gasteiger partial charge in [-0.1, -0.05) is 17.7 Å². The summed E-state index contributed by atoms with van der Waals surface area (Å²) in [5.41, 5.74) is 1.89. The normalized spacial score (nSPS) is 10.4. The molecule has 2 heterocycles. The van der Waals surface area contributed by atoms with Gasteiger partial charge >= 0.3 is 0 Å². The summed E-state index contributed by atoms with van der Waals surface area (Å²) in [6.07, 6.45) is 2.43. The Morgan fingerprint density at radius 1 is 1.46 bits per heavy atom. The first-order valence-electron chi connectivity index (χ1n) is 8.12. The summed E-state index contributed by atoms with van der Waals surface area (Å²) in [5.74, 6) is -0.0158. The number of carbonyl (C=O) groups is 1. The zero-order valence-electron chi connectivity index (χ0n) is 14.8. The maximum absolute atomic E-state index is 12.7. The van der Waals surface area contributed by atoms with Gasteiger partial charge in [0.2, 0.25) is 5.91 Å². The number of carbonyl (C=O) groups excluding carboxylic acids is 1. The number of hydrogen-bond donors (Lipinski definition) is 1. The molecule has 5 nitrogen and oxygen atoms in total. The van der Waals surface area contributed by atoms with Crippen LogP contribution in [-0.2, 0) is 17.8 Å². The predicted octanol–water partition coefficient (Wildman–Crippen LogP) is 3.73. The number of thiophene rings is 1. The number of halogens is 1. The highest BCUT2D eigenvalue weighted by Crippen LogP contribution is 2.23. The summed E-state index contributed by atoms with van der Waals surface area (Å²) in [7, 11) is 0. The predicted molar refractivity (Wildman–Crippen MR) is 105 cm³/mol. The molecule has 2 aromatic heterocycles. The van der Waals surface area contributed by atoms with Crippen molar-refractivity contribution in [1.82, 2.24) is 9.88 Å². The van der Waals surface area contributed by atoms with Crippen molar-refractivity contribution in [2.24, 2.45) is 0 Å². The molecule has 2 rings (SSSR count). The van der Waals surface area contributed by atoms with Crippen LogP contribution in [0.4, 0.5) is 0 Å². The fourth-order valence-electron chi connectivity index (χ4n) is 2.85. The molecule has 0 unspecified atom stereocenters. The van der Waals surface area contributed by atoms with E-state index in [1.165, 1.54) is 11.3 Å². The van der Waals surface area contributed by atoms with Crippen LogP contribution in [0, 0.1) is 25.2 Å². The Hall–Kier alpha value is -2.36. The second-order valence-corrected chi connectivity index (χ2v) is 7.74. The molecule has 0 aliphatic carbocycles. The number of pyridine rings is 1. The van der Waals surface area contributed by atoms with E-state index < -0.39 is 0 Å². The third-order valence-corrected chi connectivity index (χ3v) is 5.40. The van der Waals surface area contributed by atoms with Gasteiger partial charge in [-0.2, -0.15) is 5.26 Å². The molecular formula is C19H20ClN3O2S. The Balaban J connectivity index is 2.14. The van der Waals surface area contributed by atoms with Gasteiger partial charge in [0.1, 0.15) is 11.6 Å². The van der Waals surface area contributed by atoms with Crippen molar-refractivity contribution in [3.63, 3.8) is 0 Å². The summed E-state index contributed by atoms with van der Waals surface area (Å²) in [5, 5.41) is 9.15. The largest absolute Gasteiger partial charge is 0.334 e. The van der Waals surface area contributed by atoms with Crippen LogP contribution in [0.3, 0.4) is 0 Å². The van der Waals surface area contributed by atoms with Crippen LogP contribution in [-0.4, -0.2) is 22.3 Å². The fourth-order valence-corrected chi connectivity index (χ4v) is 3.95. The summed E-state index contributed by atoms with van der Waals surface area (Å²) in [6.45, 7) is 8.17. The van der Waals surface area contributed by atoms with Gasteiger partial charge in [0, 0.05) is 23.5 Å². The Labute approximate surface area is 161 Å². The zero-order chi connectivity index (χ0) is 19.3. The Morgan fingerprint density at radius 2 is 2.19 bits per heavy atom. The molecule has 0 atom stereocenters. The molecule has 7 heteroatoms. The SMILES string of the molecule is C=CCN(Cc1ccc(Cl)s1)C(=O)CCc1c(C)[nH]c(=O)c(C#N)c1C. The lowest BCUT2D eigenvalue weighted by molar-refractivity contribution is -0.131. The van der Waals surface area contributed by atoms with Crippen molar-refractivity contribution in [2.45, 2.75) is 33.2 Å². The molecular weight excluding hydrogens is 370 g/mol. The van der Waals surface area contributed by atoms with E-state index in [4.69, 9.17) is 16.9 Å². The van der Waals surface area contributed by atoms with Crippen molar-refractivity contribution in [3.05, 3.63) is 66.7 Å². The van der Waals surface area contributed by atoms with Crippen LogP contribution in [0.1, 0.15) is 33.7 Å². The molecule has 136 valence electrons. The van der Waals surface area contributed by atoms with E-state index in [9.17, 15) is 9.59 Å². The minimum atomic E-state index is -0.388. The van der Waals surface area contributed by atoms with E-state index in [0.29, 0.717) is 35.1 Å². The maximum Gasteiger partial charge on any atom is 0.266 e. The van der Waals surface area contributed by atoms with Crippen LogP contribution in [0.5, 0.6) is 0 Å². The van der Waals surface area contributed by atoms with Crippen LogP contribution < -0.4 is 5.56 Å². The highest BCUT2D eigenvalue weighted by atomic mass is 35.5. The van der Waals surface area contributed by atoms with Gasteiger partial charge in [0.25, 0.3) is 5.56 Å². The number of aryl methyl sites for hydroxylation is 1. The average Bonchev–Trinajstić information content (AvgIpc) is 2.99. The Bertz CT molecular complexity index is 924. The van der Waals surface area contributed by atoms with Gasteiger partial charge in [-0.25, -0.2) is 0 Å². The smallest absolute Gasteiger partial charge is 0.266 e.